The van der Waals surface area contributed by atoms with Crippen LogP contribution in [0.5, 0.6) is 0 Å². The number of oxazole rings is 1. The highest BCUT2D eigenvalue weighted by atomic mass is 32.2. The molecule has 1 aromatic heterocycles. The van der Waals surface area contributed by atoms with Crippen LogP contribution in [0.25, 0.3) is 11.1 Å². The van der Waals surface area contributed by atoms with Gasteiger partial charge in [0.15, 0.2) is 5.58 Å². The molecule has 1 saturated carbocycles. The zero-order valence-corrected chi connectivity index (χ0v) is 13.4. The zero-order chi connectivity index (χ0) is 13.8. The van der Waals surface area contributed by atoms with E-state index in [0.717, 1.165) is 27.8 Å². The second kappa shape index (κ2) is 6.44. The van der Waals surface area contributed by atoms with Gasteiger partial charge in [-0.1, -0.05) is 49.6 Å². The molecule has 0 amide bonds. The summed E-state index contributed by atoms with van der Waals surface area (Å²) >= 11 is 6.39. The standard InChI is InChI=1S/C16H21NOS2/c19-11-16(9-5-1-2-6-10-16)12-20-15-17-13-7-3-4-8-14(13)18-15/h3-4,7-8,19H,1-2,5-6,9-12H2. The van der Waals surface area contributed by atoms with Crippen molar-refractivity contribution in [2.75, 3.05) is 11.5 Å². The summed E-state index contributed by atoms with van der Waals surface area (Å²) < 4.78 is 5.81. The summed E-state index contributed by atoms with van der Waals surface area (Å²) in [5.74, 6) is 2.05. The lowest BCUT2D eigenvalue weighted by Gasteiger charge is -2.30. The van der Waals surface area contributed by atoms with Gasteiger partial charge in [-0.3, -0.25) is 0 Å². The number of para-hydroxylation sites is 2. The van der Waals surface area contributed by atoms with Crippen molar-refractivity contribution in [2.24, 2.45) is 5.41 Å². The Morgan fingerprint density at radius 2 is 1.90 bits per heavy atom. The van der Waals surface area contributed by atoms with Gasteiger partial charge in [-0.2, -0.15) is 12.6 Å². The Morgan fingerprint density at radius 3 is 2.60 bits per heavy atom. The van der Waals surface area contributed by atoms with Gasteiger partial charge >= 0.3 is 0 Å². The highest BCUT2D eigenvalue weighted by Crippen LogP contribution is 2.40. The van der Waals surface area contributed by atoms with Gasteiger partial charge in [-0.15, -0.1) is 0 Å². The molecule has 2 aromatic rings. The summed E-state index contributed by atoms with van der Waals surface area (Å²) in [5.41, 5.74) is 2.21. The van der Waals surface area contributed by atoms with Crippen molar-refractivity contribution in [2.45, 2.75) is 43.7 Å². The maximum absolute atomic E-state index is 5.81. The minimum absolute atomic E-state index is 0.366. The molecule has 1 aromatic carbocycles. The summed E-state index contributed by atoms with van der Waals surface area (Å²) in [7, 11) is 0. The third kappa shape index (κ3) is 3.17. The van der Waals surface area contributed by atoms with Gasteiger partial charge in [0, 0.05) is 5.75 Å². The Balaban J connectivity index is 1.70. The zero-order valence-electron chi connectivity index (χ0n) is 11.7. The van der Waals surface area contributed by atoms with Crippen molar-refractivity contribution in [1.29, 1.82) is 0 Å². The summed E-state index contributed by atoms with van der Waals surface area (Å²) in [6, 6.07) is 7.97. The Bertz CT molecular complexity index is 525. The molecule has 0 saturated heterocycles. The van der Waals surface area contributed by atoms with E-state index in [4.69, 9.17) is 4.42 Å². The fourth-order valence-corrected chi connectivity index (χ4v) is 4.67. The Labute approximate surface area is 130 Å². The lowest BCUT2D eigenvalue weighted by Crippen LogP contribution is -2.25. The molecule has 0 spiro atoms. The van der Waals surface area contributed by atoms with Crippen LogP contribution in [-0.4, -0.2) is 16.5 Å². The molecule has 0 aliphatic heterocycles. The van der Waals surface area contributed by atoms with Crippen LogP contribution in [0, 0.1) is 5.41 Å². The molecule has 1 fully saturated rings. The average molecular weight is 307 g/mol. The predicted octanol–water partition coefficient (Wildman–Crippen LogP) is 5.19. The number of hydrogen-bond acceptors (Lipinski definition) is 4. The van der Waals surface area contributed by atoms with Crippen LogP contribution < -0.4 is 0 Å². The minimum Gasteiger partial charge on any atom is -0.431 e. The molecule has 0 bridgehead atoms. The van der Waals surface area contributed by atoms with Crippen molar-refractivity contribution in [3.05, 3.63) is 24.3 Å². The molecule has 20 heavy (non-hydrogen) atoms. The number of hydrogen-bond donors (Lipinski definition) is 1. The number of thioether (sulfide) groups is 1. The van der Waals surface area contributed by atoms with Crippen LogP contribution >= 0.6 is 24.4 Å². The van der Waals surface area contributed by atoms with Crippen LogP contribution in [0.1, 0.15) is 38.5 Å². The first-order chi connectivity index (χ1) is 9.81. The molecule has 0 atom stereocenters. The fraction of sp³-hybridized carbons (Fsp3) is 0.562. The van der Waals surface area contributed by atoms with Gasteiger partial charge in [0.2, 0.25) is 0 Å². The van der Waals surface area contributed by atoms with Crippen LogP contribution in [0.2, 0.25) is 0 Å². The van der Waals surface area contributed by atoms with E-state index in [1.807, 2.05) is 24.3 Å². The number of fused-ring (bicyclic) bond motifs is 1. The quantitative estimate of drug-likeness (QED) is 0.478. The van der Waals surface area contributed by atoms with Crippen molar-refractivity contribution >= 4 is 35.5 Å². The normalized spacial score (nSPS) is 19.1. The number of nitrogens with zero attached hydrogens (tertiary/aromatic N) is 1. The highest BCUT2D eigenvalue weighted by Gasteiger charge is 2.30. The Morgan fingerprint density at radius 1 is 1.15 bits per heavy atom. The summed E-state index contributed by atoms with van der Waals surface area (Å²) in [6.45, 7) is 0. The molecule has 4 heteroatoms. The number of thiol groups is 1. The number of benzene rings is 1. The maximum atomic E-state index is 5.81. The molecular weight excluding hydrogens is 286 g/mol. The predicted molar refractivity (Wildman–Crippen MR) is 88.7 cm³/mol. The van der Waals surface area contributed by atoms with E-state index < -0.39 is 0 Å². The van der Waals surface area contributed by atoms with E-state index in [-0.39, 0.29) is 0 Å². The van der Waals surface area contributed by atoms with E-state index in [1.54, 1.807) is 11.8 Å². The van der Waals surface area contributed by atoms with Crippen molar-refractivity contribution < 1.29 is 4.42 Å². The van der Waals surface area contributed by atoms with Gasteiger partial charge in [-0.05, 0) is 36.1 Å². The van der Waals surface area contributed by atoms with E-state index in [2.05, 4.69) is 17.6 Å². The largest absolute Gasteiger partial charge is 0.431 e. The van der Waals surface area contributed by atoms with Crippen molar-refractivity contribution in [3.63, 3.8) is 0 Å². The summed E-state index contributed by atoms with van der Waals surface area (Å²) in [6.07, 6.45) is 8.03. The van der Waals surface area contributed by atoms with E-state index in [9.17, 15) is 0 Å². The molecule has 0 unspecified atom stereocenters. The molecule has 3 rings (SSSR count). The molecule has 1 aliphatic carbocycles. The second-order valence-electron chi connectivity index (χ2n) is 5.81. The smallest absolute Gasteiger partial charge is 0.256 e. The Hall–Kier alpha value is -0.610. The summed E-state index contributed by atoms with van der Waals surface area (Å²) in [5, 5.41) is 0.802. The van der Waals surface area contributed by atoms with Gasteiger partial charge < -0.3 is 4.42 Å². The first-order valence-corrected chi connectivity index (χ1v) is 9.02. The topological polar surface area (TPSA) is 26.0 Å². The first-order valence-electron chi connectivity index (χ1n) is 7.41. The molecule has 2 nitrogen and oxygen atoms in total. The van der Waals surface area contributed by atoms with E-state index in [0.29, 0.717) is 5.41 Å². The first kappa shape index (κ1) is 14.3. The minimum atomic E-state index is 0.366. The second-order valence-corrected chi connectivity index (χ2v) is 7.05. The van der Waals surface area contributed by atoms with Gasteiger partial charge in [0.05, 0.1) is 0 Å². The number of aromatic nitrogens is 1. The molecule has 1 heterocycles. The van der Waals surface area contributed by atoms with Crippen LogP contribution in [0.3, 0.4) is 0 Å². The van der Waals surface area contributed by atoms with Crippen LogP contribution in [-0.2, 0) is 0 Å². The van der Waals surface area contributed by atoms with Crippen molar-refractivity contribution in [1.82, 2.24) is 4.98 Å². The lowest BCUT2D eigenvalue weighted by molar-refractivity contribution is 0.331. The maximum Gasteiger partial charge on any atom is 0.256 e. The average Bonchev–Trinajstić information content (AvgIpc) is 2.75. The van der Waals surface area contributed by atoms with Gasteiger partial charge in [-0.25, -0.2) is 4.98 Å². The summed E-state index contributed by atoms with van der Waals surface area (Å²) in [4.78, 5) is 4.56. The van der Waals surface area contributed by atoms with E-state index >= 15 is 0 Å². The third-order valence-corrected chi connectivity index (χ3v) is 6.12. The van der Waals surface area contributed by atoms with Crippen molar-refractivity contribution in [3.8, 4) is 0 Å². The molecule has 108 valence electrons. The van der Waals surface area contributed by atoms with Gasteiger partial charge in [0.25, 0.3) is 5.22 Å². The van der Waals surface area contributed by atoms with Crippen LogP contribution in [0.4, 0.5) is 0 Å². The van der Waals surface area contributed by atoms with Crippen LogP contribution in [0.15, 0.2) is 33.9 Å². The highest BCUT2D eigenvalue weighted by molar-refractivity contribution is 7.99. The molecule has 0 radical (unpaired) electrons. The molecular formula is C16H21NOS2. The Kier molecular flexibility index (Phi) is 4.61. The van der Waals surface area contributed by atoms with Gasteiger partial charge in [0.1, 0.15) is 5.52 Å². The number of rotatable bonds is 4. The van der Waals surface area contributed by atoms with E-state index in [1.165, 1.54) is 38.5 Å². The molecule has 1 aliphatic rings. The molecule has 0 N–H and O–H groups in total. The third-order valence-electron chi connectivity index (χ3n) is 4.28. The SMILES string of the molecule is SCC1(CSc2nc3ccccc3o2)CCCCCC1. The fourth-order valence-electron chi connectivity index (χ4n) is 2.95. The monoisotopic (exact) mass is 307 g/mol. The lowest BCUT2D eigenvalue weighted by atomic mass is 9.84.